The minimum Gasteiger partial charge on any atom is -0.493 e. The predicted molar refractivity (Wildman–Crippen MR) is 80.9 cm³/mol. The molecule has 4 rings (SSSR count). The topological polar surface area (TPSA) is 51.5 Å². The summed E-state index contributed by atoms with van der Waals surface area (Å²) in [5.41, 5.74) is 2.06. The number of fused-ring (bicyclic) bond motifs is 2. The van der Waals surface area contributed by atoms with Crippen LogP contribution in [0.2, 0.25) is 5.02 Å². The monoisotopic (exact) mass is 300 g/mol. The maximum absolute atomic E-state index is 6.02. The van der Waals surface area contributed by atoms with Crippen LogP contribution in [0, 0.1) is 0 Å². The van der Waals surface area contributed by atoms with Crippen LogP contribution >= 0.6 is 11.6 Å². The molecule has 21 heavy (non-hydrogen) atoms. The molecule has 0 fully saturated rings. The lowest BCUT2D eigenvalue weighted by Crippen LogP contribution is -2.21. The van der Waals surface area contributed by atoms with Crippen molar-refractivity contribution in [2.24, 2.45) is 0 Å². The number of ether oxygens (including phenoxy) is 1. The van der Waals surface area contributed by atoms with E-state index in [9.17, 15) is 0 Å². The smallest absolute Gasteiger partial charge is 0.154 e. The Labute approximate surface area is 126 Å². The highest BCUT2D eigenvalue weighted by molar-refractivity contribution is 6.30. The molecule has 3 aromatic rings. The molecule has 0 saturated carbocycles. The molecule has 0 spiro atoms. The zero-order chi connectivity index (χ0) is 14.2. The molecule has 2 aromatic heterocycles. The molecule has 1 aromatic carbocycles. The van der Waals surface area contributed by atoms with Crippen LogP contribution < -0.4 is 10.1 Å². The summed E-state index contributed by atoms with van der Waals surface area (Å²) >= 11 is 6.02. The van der Waals surface area contributed by atoms with Crippen molar-refractivity contribution in [1.29, 1.82) is 0 Å². The van der Waals surface area contributed by atoms with Crippen molar-refractivity contribution in [1.82, 2.24) is 14.6 Å². The second-order valence-corrected chi connectivity index (χ2v) is 5.40. The molecule has 5 nitrogen and oxygen atoms in total. The molecule has 1 unspecified atom stereocenters. The molecule has 0 amide bonds. The quantitative estimate of drug-likeness (QED) is 0.789. The van der Waals surface area contributed by atoms with Crippen molar-refractivity contribution in [2.75, 3.05) is 11.9 Å². The standard InChI is InChI=1S/C15H13ClN4O/c16-10-3-4-11-12(5-7-21-14(11)8-10)19-15-13-2-1-6-20(13)18-9-17-15/h1-4,6,8-9,12H,5,7H2,(H,17,18,19). The van der Waals surface area contributed by atoms with Crippen molar-refractivity contribution in [3.05, 3.63) is 53.4 Å². The zero-order valence-corrected chi connectivity index (χ0v) is 11.9. The van der Waals surface area contributed by atoms with Crippen LogP contribution in [0.1, 0.15) is 18.0 Å². The third-order valence-corrected chi connectivity index (χ3v) is 3.89. The Balaban J connectivity index is 1.71. The summed E-state index contributed by atoms with van der Waals surface area (Å²) in [6, 6.07) is 9.84. The molecule has 1 atom stereocenters. The van der Waals surface area contributed by atoms with E-state index in [2.05, 4.69) is 15.4 Å². The fourth-order valence-electron chi connectivity index (χ4n) is 2.66. The molecule has 0 saturated heterocycles. The molecule has 106 valence electrons. The second kappa shape index (κ2) is 4.93. The van der Waals surface area contributed by atoms with Crippen LogP contribution in [0.25, 0.3) is 5.52 Å². The van der Waals surface area contributed by atoms with Crippen LogP contribution in [0.4, 0.5) is 5.82 Å². The lowest BCUT2D eigenvalue weighted by molar-refractivity contribution is 0.274. The third kappa shape index (κ3) is 2.19. The van der Waals surface area contributed by atoms with Crippen molar-refractivity contribution >= 4 is 22.9 Å². The number of hydrogen-bond donors (Lipinski definition) is 1. The lowest BCUT2D eigenvalue weighted by atomic mass is 10.0. The highest BCUT2D eigenvalue weighted by Gasteiger charge is 2.22. The van der Waals surface area contributed by atoms with Crippen molar-refractivity contribution in [3.63, 3.8) is 0 Å². The molecule has 1 N–H and O–H groups in total. The SMILES string of the molecule is Clc1ccc2c(c1)OCCC2Nc1ncnn2cccc12. The normalized spacial score (nSPS) is 17.3. The predicted octanol–water partition coefficient (Wildman–Crippen LogP) is 3.32. The Morgan fingerprint density at radius 2 is 2.29 bits per heavy atom. The van der Waals surface area contributed by atoms with Crippen molar-refractivity contribution in [3.8, 4) is 5.75 Å². The van der Waals surface area contributed by atoms with Gasteiger partial charge in [0.1, 0.15) is 17.6 Å². The van der Waals surface area contributed by atoms with Crippen LogP contribution in [0.3, 0.4) is 0 Å². The Bertz CT molecular complexity index is 801. The van der Waals surface area contributed by atoms with Gasteiger partial charge in [0.25, 0.3) is 0 Å². The highest BCUT2D eigenvalue weighted by Crippen LogP contribution is 2.36. The highest BCUT2D eigenvalue weighted by atomic mass is 35.5. The summed E-state index contributed by atoms with van der Waals surface area (Å²) in [4.78, 5) is 4.35. The maximum Gasteiger partial charge on any atom is 0.154 e. The Kier molecular flexibility index (Phi) is 2.93. The van der Waals surface area contributed by atoms with Gasteiger partial charge in [-0.15, -0.1) is 0 Å². The fourth-order valence-corrected chi connectivity index (χ4v) is 2.82. The van der Waals surface area contributed by atoms with E-state index in [4.69, 9.17) is 16.3 Å². The number of benzene rings is 1. The van der Waals surface area contributed by atoms with Gasteiger partial charge in [-0.05, 0) is 24.3 Å². The Morgan fingerprint density at radius 1 is 1.33 bits per heavy atom. The first-order valence-electron chi connectivity index (χ1n) is 6.78. The van der Waals surface area contributed by atoms with E-state index in [1.165, 1.54) is 0 Å². The molecular formula is C15H13ClN4O. The van der Waals surface area contributed by atoms with E-state index in [1.54, 1.807) is 10.8 Å². The van der Waals surface area contributed by atoms with Gasteiger partial charge < -0.3 is 10.1 Å². The van der Waals surface area contributed by atoms with Gasteiger partial charge in [-0.25, -0.2) is 9.50 Å². The summed E-state index contributed by atoms with van der Waals surface area (Å²) < 4.78 is 7.49. The summed E-state index contributed by atoms with van der Waals surface area (Å²) in [5.74, 6) is 1.66. The molecular weight excluding hydrogens is 288 g/mol. The maximum atomic E-state index is 6.02. The average molecular weight is 301 g/mol. The van der Waals surface area contributed by atoms with Crippen LogP contribution in [-0.2, 0) is 0 Å². The minimum absolute atomic E-state index is 0.152. The lowest BCUT2D eigenvalue weighted by Gasteiger charge is -2.27. The van der Waals surface area contributed by atoms with Gasteiger partial charge in [0.05, 0.1) is 12.6 Å². The summed E-state index contributed by atoms with van der Waals surface area (Å²) in [6.45, 7) is 0.660. The van der Waals surface area contributed by atoms with E-state index in [1.807, 2.05) is 36.5 Å². The van der Waals surface area contributed by atoms with Gasteiger partial charge in [-0.2, -0.15) is 5.10 Å². The van der Waals surface area contributed by atoms with Crippen molar-refractivity contribution in [2.45, 2.75) is 12.5 Å². The first-order chi connectivity index (χ1) is 10.3. The van der Waals surface area contributed by atoms with Gasteiger partial charge in [0, 0.05) is 23.2 Å². The number of aromatic nitrogens is 3. The summed E-state index contributed by atoms with van der Waals surface area (Å²) in [5, 5.41) is 8.35. The van der Waals surface area contributed by atoms with Crippen molar-refractivity contribution < 1.29 is 4.74 Å². The minimum atomic E-state index is 0.152. The summed E-state index contributed by atoms with van der Waals surface area (Å²) in [6.07, 6.45) is 4.34. The van der Waals surface area contributed by atoms with Gasteiger partial charge in [0.2, 0.25) is 0 Å². The first-order valence-corrected chi connectivity index (χ1v) is 7.16. The zero-order valence-electron chi connectivity index (χ0n) is 11.2. The van der Waals surface area contributed by atoms with E-state index in [0.29, 0.717) is 11.6 Å². The fraction of sp³-hybridized carbons (Fsp3) is 0.200. The number of nitrogens with zero attached hydrogens (tertiary/aromatic N) is 3. The molecule has 0 radical (unpaired) electrons. The van der Waals surface area contributed by atoms with E-state index < -0.39 is 0 Å². The first kappa shape index (κ1) is 12.5. The summed E-state index contributed by atoms with van der Waals surface area (Å²) in [7, 11) is 0. The molecule has 1 aliphatic rings. The number of rotatable bonds is 2. The van der Waals surface area contributed by atoms with E-state index >= 15 is 0 Å². The van der Waals surface area contributed by atoms with E-state index in [0.717, 1.165) is 29.1 Å². The van der Waals surface area contributed by atoms with Gasteiger partial charge in [-0.1, -0.05) is 17.7 Å². The largest absolute Gasteiger partial charge is 0.493 e. The Morgan fingerprint density at radius 3 is 3.24 bits per heavy atom. The number of nitrogens with one attached hydrogen (secondary N) is 1. The van der Waals surface area contributed by atoms with Crippen LogP contribution in [0.5, 0.6) is 5.75 Å². The molecule has 0 aliphatic carbocycles. The molecule has 1 aliphatic heterocycles. The number of hydrogen-bond acceptors (Lipinski definition) is 4. The van der Waals surface area contributed by atoms with Gasteiger partial charge in [0.15, 0.2) is 5.82 Å². The van der Waals surface area contributed by atoms with E-state index in [-0.39, 0.29) is 6.04 Å². The molecule has 3 heterocycles. The molecule has 6 heteroatoms. The number of halogens is 1. The van der Waals surface area contributed by atoms with Crippen LogP contribution in [-0.4, -0.2) is 21.2 Å². The molecule has 0 bridgehead atoms. The third-order valence-electron chi connectivity index (χ3n) is 3.66. The average Bonchev–Trinajstić information content (AvgIpc) is 2.97. The second-order valence-electron chi connectivity index (χ2n) is 4.96. The number of anilines is 1. The van der Waals surface area contributed by atoms with Crippen LogP contribution in [0.15, 0.2) is 42.9 Å². The van der Waals surface area contributed by atoms with Gasteiger partial charge >= 0.3 is 0 Å². The van der Waals surface area contributed by atoms with Gasteiger partial charge in [-0.3, -0.25) is 0 Å². The Hall–Kier alpha value is -2.27.